The third kappa shape index (κ3) is 5.04. The standard InChI is InChI=1S/C46H40N2/c1-4-16-36(17-5-1)47(37-18-6-2-7-19-37)39-29-26-33(27-30-39)40-23-12-14-34-15-13-24-41(46(34)40)35-28-31-45-43(32-35)42-22-10-11-25-44(42)48(45)38-20-8-3-9-21-38/h1,3-6,8-27,29-30,35,43,45H,2,7,28,31-32H2. The number of anilines is 4. The molecule has 1 saturated carbocycles. The molecular formula is C46H40N2. The van der Waals surface area contributed by atoms with Crippen LogP contribution in [0.3, 0.4) is 0 Å². The molecule has 2 aliphatic carbocycles. The summed E-state index contributed by atoms with van der Waals surface area (Å²) in [6, 6.07) is 54.5. The maximum absolute atomic E-state index is 2.63. The van der Waals surface area contributed by atoms with Crippen molar-refractivity contribution in [3.05, 3.63) is 181 Å². The number of benzene rings is 6. The number of fused-ring (bicyclic) bond motifs is 4. The summed E-state index contributed by atoms with van der Waals surface area (Å²) >= 11 is 0. The molecule has 1 heterocycles. The van der Waals surface area contributed by atoms with E-state index in [0.717, 1.165) is 12.8 Å². The summed E-state index contributed by atoms with van der Waals surface area (Å²) < 4.78 is 0. The van der Waals surface area contributed by atoms with Crippen molar-refractivity contribution in [3.63, 3.8) is 0 Å². The van der Waals surface area contributed by atoms with Crippen LogP contribution in [0.5, 0.6) is 0 Å². The van der Waals surface area contributed by atoms with Crippen LogP contribution >= 0.6 is 0 Å². The van der Waals surface area contributed by atoms with Crippen molar-refractivity contribution in [2.75, 3.05) is 9.80 Å². The fraction of sp³-hybridized carbons (Fsp3) is 0.174. The quantitative estimate of drug-likeness (QED) is 0.183. The van der Waals surface area contributed by atoms with E-state index in [1.54, 1.807) is 0 Å². The van der Waals surface area contributed by atoms with Gasteiger partial charge in [-0.2, -0.15) is 0 Å². The van der Waals surface area contributed by atoms with Gasteiger partial charge in [-0.25, -0.2) is 0 Å². The van der Waals surface area contributed by atoms with Crippen molar-refractivity contribution in [2.45, 2.75) is 50.0 Å². The van der Waals surface area contributed by atoms with Crippen molar-refractivity contribution in [3.8, 4) is 11.1 Å². The van der Waals surface area contributed by atoms with E-state index in [0.29, 0.717) is 17.9 Å². The van der Waals surface area contributed by atoms with Gasteiger partial charge >= 0.3 is 0 Å². The summed E-state index contributed by atoms with van der Waals surface area (Å²) in [4.78, 5) is 5.01. The van der Waals surface area contributed by atoms with Gasteiger partial charge in [-0.15, -0.1) is 0 Å². The van der Waals surface area contributed by atoms with E-state index < -0.39 is 0 Å². The number of para-hydroxylation sites is 3. The molecule has 0 N–H and O–H groups in total. The van der Waals surface area contributed by atoms with Crippen LogP contribution in [0.1, 0.15) is 55.1 Å². The summed E-state index contributed by atoms with van der Waals surface area (Å²) in [5.74, 6) is 1.03. The first kappa shape index (κ1) is 28.8. The molecule has 0 amide bonds. The Kier molecular flexibility index (Phi) is 7.43. The smallest absolute Gasteiger partial charge is 0.0461 e. The van der Waals surface area contributed by atoms with Crippen LogP contribution < -0.4 is 9.80 Å². The molecule has 0 aromatic heterocycles. The minimum absolute atomic E-state index is 0.504. The van der Waals surface area contributed by atoms with Crippen LogP contribution in [0.2, 0.25) is 0 Å². The first-order chi connectivity index (χ1) is 23.8. The van der Waals surface area contributed by atoms with Crippen LogP contribution in [-0.2, 0) is 0 Å². The molecule has 2 nitrogen and oxygen atoms in total. The summed E-state index contributed by atoms with van der Waals surface area (Å²) in [6.45, 7) is 0. The van der Waals surface area contributed by atoms with Gasteiger partial charge in [0.15, 0.2) is 0 Å². The fourth-order valence-corrected chi connectivity index (χ4v) is 8.73. The first-order valence-corrected chi connectivity index (χ1v) is 17.6. The average molecular weight is 621 g/mol. The lowest BCUT2D eigenvalue weighted by Crippen LogP contribution is -2.34. The lowest BCUT2D eigenvalue weighted by molar-refractivity contribution is 0.362. The van der Waals surface area contributed by atoms with E-state index in [1.165, 1.54) is 80.7 Å². The Labute approximate surface area is 284 Å². The van der Waals surface area contributed by atoms with Gasteiger partial charge in [0.2, 0.25) is 0 Å². The summed E-state index contributed by atoms with van der Waals surface area (Å²) in [5.41, 5.74) is 11.9. The lowest BCUT2D eigenvalue weighted by Gasteiger charge is -2.37. The number of allylic oxidation sites excluding steroid dienone is 3. The van der Waals surface area contributed by atoms with Gasteiger partial charge in [-0.05, 0) is 120 Å². The van der Waals surface area contributed by atoms with Crippen molar-refractivity contribution >= 4 is 33.5 Å². The Morgan fingerprint density at radius 3 is 2.08 bits per heavy atom. The third-order valence-corrected chi connectivity index (χ3v) is 10.8. The van der Waals surface area contributed by atoms with Crippen LogP contribution in [0.4, 0.5) is 22.7 Å². The van der Waals surface area contributed by atoms with Crippen LogP contribution in [0, 0.1) is 0 Å². The summed E-state index contributed by atoms with van der Waals surface area (Å²) in [5, 5.41) is 2.75. The molecule has 1 aliphatic heterocycles. The maximum Gasteiger partial charge on any atom is 0.0461 e. The molecule has 3 atom stereocenters. The molecule has 0 radical (unpaired) electrons. The highest BCUT2D eigenvalue weighted by molar-refractivity contribution is 5.99. The van der Waals surface area contributed by atoms with Crippen LogP contribution in [0.15, 0.2) is 170 Å². The van der Waals surface area contributed by atoms with E-state index >= 15 is 0 Å². The lowest BCUT2D eigenvalue weighted by atomic mass is 9.72. The second kappa shape index (κ2) is 12.4. The number of hydrogen-bond donors (Lipinski definition) is 0. The Hall–Kier alpha value is -5.34. The molecule has 0 saturated heterocycles. The number of rotatable bonds is 6. The van der Waals surface area contributed by atoms with Gasteiger partial charge in [0.25, 0.3) is 0 Å². The van der Waals surface area contributed by atoms with Gasteiger partial charge in [-0.3, -0.25) is 0 Å². The molecule has 0 spiro atoms. The van der Waals surface area contributed by atoms with Gasteiger partial charge in [0.1, 0.15) is 0 Å². The zero-order valence-electron chi connectivity index (χ0n) is 27.3. The molecule has 6 aromatic rings. The second-order valence-corrected chi connectivity index (χ2v) is 13.5. The predicted octanol–water partition coefficient (Wildman–Crippen LogP) is 12.5. The van der Waals surface area contributed by atoms with Crippen molar-refractivity contribution < 1.29 is 0 Å². The number of nitrogens with zero attached hydrogens (tertiary/aromatic N) is 2. The molecule has 9 rings (SSSR count). The molecule has 3 aliphatic rings. The normalized spacial score (nSPS) is 19.9. The van der Waals surface area contributed by atoms with Gasteiger partial charge in [0.05, 0.1) is 0 Å². The van der Waals surface area contributed by atoms with E-state index in [-0.39, 0.29) is 0 Å². The van der Waals surface area contributed by atoms with E-state index in [4.69, 9.17) is 0 Å². The molecule has 2 heteroatoms. The van der Waals surface area contributed by atoms with Crippen molar-refractivity contribution in [1.29, 1.82) is 0 Å². The Balaban J connectivity index is 1.07. The van der Waals surface area contributed by atoms with Gasteiger partial charge in [-0.1, -0.05) is 115 Å². The van der Waals surface area contributed by atoms with Gasteiger partial charge < -0.3 is 9.80 Å². The first-order valence-electron chi connectivity index (χ1n) is 17.6. The van der Waals surface area contributed by atoms with Gasteiger partial charge in [0, 0.05) is 40.4 Å². The fourth-order valence-electron chi connectivity index (χ4n) is 8.73. The molecule has 3 unspecified atom stereocenters. The SMILES string of the molecule is C1=CC(N(c2ccccc2)c2ccc(-c3cccc4cccc(C5CCC6C(C5)c5ccccc5N6c5ccccc5)c34)cc2)=CCC1. The molecule has 234 valence electrons. The van der Waals surface area contributed by atoms with Crippen molar-refractivity contribution in [2.24, 2.45) is 0 Å². The Morgan fingerprint density at radius 1 is 0.583 bits per heavy atom. The maximum atomic E-state index is 2.63. The summed E-state index contributed by atoms with van der Waals surface area (Å²) in [6.07, 6.45) is 12.6. The van der Waals surface area contributed by atoms with E-state index in [1.807, 2.05) is 0 Å². The van der Waals surface area contributed by atoms with E-state index in [2.05, 4.69) is 174 Å². The minimum Gasteiger partial charge on any atom is -0.338 e. The zero-order chi connectivity index (χ0) is 31.9. The molecule has 0 bridgehead atoms. The Bertz CT molecular complexity index is 2120. The highest BCUT2D eigenvalue weighted by Crippen LogP contribution is 2.54. The Morgan fingerprint density at radius 2 is 1.29 bits per heavy atom. The molecule has 1 fully saturated rings. The summed E-state index contributed by atoms with van der Waals surface area (Å²) in [7, 11) is 0. The van der Waals surface area contributed by atoms with Crippen LogP contribution in [-0.4, -0.2) is 6.04 Å². The van der Waals surface area contributed by atoms with Crippen LogP contribution in [0.25, 0.3) is 21.9 Å². The second-order valence-electron chi connectivity index (χ2n) is 13.5. The molecular weight excluding hydrogens is 581 g/mol. The third-order valence-electron chi connectivity index (χ3n) is 10.8. The monoisotopic (exact) mass is 620 g/mol. The minimum atomic E-state index is 0.504. The number of hydrogen-bond acceptors (Lipinski definition) is 2. The van der Waals surface area contributed by atoms with Crippen molar-refractivity contribution in [1.82, 2.24) is 0 Å². The highest BCUT2D eigenvalue weighted by Gasteiger charge is 2.43. The highest BCUT2D eigenvalue weighted by atomic mass is 15.2. The zero-order valence-corrected chi connectivity index (χ0v) is 27.3. The topological polar surface area (TPSA) is 6.48 Å². The van der Waals surface area contributed by atoms with E-state index in [9.17, 15) is 0 Å². The predicted molar refractivity (Wildman–Crippen MR) is 203 cm³/mol. The molecule has 6 aromatic carbocycles. The average Bonchev–Trinajstić information content (AvgIpc) is 3.50. The molecule has 48 heavy (non-hydrogen) atoms. The largest absolute Gasteiger partial charge is 0.338 e.